The van der Waals surface area contributed by atoms with Crippen molar-refractivity contribution in [2.24, 2.45) is 0 Å². The van der Waals surface area contributed by atoms with Crippen molar-refractivity contribution in [3.05, 3.63) is 42.6 Å². The number of carbonyl (C=O) groups is 2. The highest BCUT2D eigenvalue weighted by Crippen LogP contribution is 2.39. The quantitative estimate of drug-likeness (QED) is 0.613. The van der Waals surface area contributed by atoms with Crippen LogP contribution in [0.4, 0.5) is 27.5 Å². The summed E-state index contributed by atoms with van der Waals surface area (Å²) in [7, 11) is 2.94. The third-order valence-electron chi connectivity index (χ3n) is 6.48. The standard InChI is InChI=1S/C24H28FN5O4/c1-4-24(25)14-30(16-8-6-5-7-9-16)20-18(29(2)22(24)33)13-26-23(28-20)27-17-11-10-15(21(31)32)12-19(17)34-3/h4,10-13,16H,1,5-9,14H2,2-3H3,(H,31,32)(H,26,27,28)/t24-/m1/s1. The number of hydrogen-bond donors (Lipinski definition) is 2. The average molecular weight is 470 g/mol. The number of ether oxygens (including phenoxy) is 1. The number of amides is 1. The Hall–Kier alpha value is -3.69. The fourth-order valence-corrected chi connectivity index (χ4v) is 4.55. The number of carboxylic acids is 1. The summed E-state index contributed by atoms with van der Waals surface area (Å²) in [6, 6.07) is 4.44. The molecule has 2 N–H and O–H groups in total. The first kappa shape index (κ1) is 23.5. The van der Waals surface area contributed by atoms with Crippen LogP contribution < -0.4 is 19.9 Å². The molecule has 1 aliphatic carbocycles. The Morgan fingerprint density at radius 1 is 1.35 bits per heavy atom. The lowest BCUT2D eigenvalue weighted by atomic mass is 9.93. The van der Waals surface area contributed by atoms with Crippen LogP contribution in [0.25, 0.3) is 0 Å². The van der Waals surface area contributed by atoms with Crippen molar-refractivity contribution in [1.29, 1.82) is 0 Å². The number of aromatic carboxylic acids is 1. The number of methoxy groups -OCH3 is 1. The zero-order chi connectivity index (χ0) is 24.5. The minimum atomic E-state index is -2.25. The number of nitrogens with zero attached hydrogens (tertiary/aromatic N) is 4. The predicted octanol–water partition coefficient (Wildman–Crippen LogP) is 3.94. The number of nitrogens with one attached hydrogen (secondary N) is 1. The summed E-state index contributed by atoms with van der Waals surface area (Å²) >= 11 is 0. The second-order valence-corrected chi connectivity index (χ2v) is 8.60. The molecule has 9 nitrogen and oxygen atoms in total. The van der Waals surface area contributed by atoms with Crippen LogP contribution in [0.15, 0.2) is 37.1 Å². The van der Waals surface area contributed by atoms with Crippen LogP contribution in [-0.2, 0) is 4.79 Å². The number of benzene rings is 1. The lowest BCUT2D eigenvalue weighted by Gasteiger charge is -2.36. The van der Waals surface area contributed by atoms with E-state index in [4.69, 9.17) is 4.74 Å². The van der Waals surface area contributed by atoms with Crippen LogP contribution >= 0.6 is 0 Å². The molecule has 0 bridgehead atoms. The molecule has 0 spiro atoms. The van der Waals surface area contributed by atoms with E-state index in [2.05, 4.69) is 21.9 Å². The first-order chi connectivity index (χ1) is 16.3. The summed E-state index contributed by atoms with van der Waals surface area (Å²) in [6.07, 6.45) is 7.48. The molecule has 1 saturated carbocycles. The number of alkyl halides is 1. The van der Waals surface area contributed by atoms with Gasteiger partial charge in [0.1, 0.15) is 11.4 Å². The Morgan fingerprint density at radius 3 is 2.74 bits per heavy atom. The van der Waals surface area contributed by atoms with Gasteiger partial charge in [0, 0.05) is 13.1 Å². The Kier molecular flexibility index (Phi) is 6.41. The van der Waals surface area contributed by atoms with Crippen molar-refractivity contribution in [2.45, 2.75) is 43.8 Å². The third-order valence-corrected chi connectivity index (χ3v) is 6.48. The van der Waals surface area contributed by atoms with Gasteiger partial charge in [-0.15, -0.1) is 0 Å². The van der Waals surface area contributed by atoms with Gasteiger partial charge in [0.2, 0.25) is 11.6 Å². The molecular weight excluding hydrogens is 441 g/mol. The Balaban J connectivity index is 1.76. The number of hydrogen-bond acceptors (Lipinski definition) is 7. The van der Waals surface area contributed by atoms with E-state index in [1.807, 2.05) is 4.90 Å². The maximum atomic E-state index is 15.7. The molecule has 10 heteroatoms. The zero-order valence-electron chi connectivity index (χ0n) is 19.3. The second-order valence-electron chi connectivity index (χ2n) is 8.60. The van der Waals surface area contributed by atoms with Crippen molar-refractivity contribution in [3.8, 4) is 5.75 Å². The minimum Gasteiger partial charge on any atom is -0.495 e. The highest BCUT2D eigenvalue weighted by Gasteiger charge is 2.46. The van der Waals surface area contributed by atoms with E-state index in [-0.39, 0.29) is 24.1 Å². The van der Waals surface area contributed by atoms with Crippen molar-refractivity contribution in [3.63, 3.8) is 0 Å². The van der Waals surface area contributed by atoms with E-state index < -0.39 is 17.5 Å². The molecule has 1 atom stereocenters. The van der Waals surface area contributed by atoms with E-state index in [0.717, 1.165) is 38.2 Å². The number of fused-ring (bicyclic) bond motifs is 1. The molecule has 180 valence electrons. The summed E-state index contributed by atoms with van der Waals surface area (Å²) in [5.74, 6) is -0.796. The van der Waals surface area contributed by atoms with Gasteiger partial charge in [-0.25, -0.2) is 14.2 Å². The van der Waals surface area contributed by atoms with Crippen molar-refractivity contribution < 1.29 is 23.8 Å². The molecule has 1 amide bonds. The number of rotatable bonds is 6. The molecule has 2 aliphatic rings. The largest absolute Gasteiger partial charge is 0.495 e. The Labute approximate surface area is 197 Å². The normalized spacial score (nSPS) is 21.0. The van der Waals surface area contributed by atoms with Gasteiger partial charge in [0.05, 0.1) is 31.1 Å². The molecule has 2 heterocycles. The summed E-state index contributed by atoms with van der Waals surface area (Å²) in [5.41, 5.74) is -1.29. The van der Waals surface area contributed by atoms with Crippen molar-refractivity contribution in [1.82, 2.24) is 9.97 Å². The van der Waals surface area contributed by atoms with Gasteiger partial charge in [0.25, 0.3) is 5.91 Å². The Morgan fingerprint density at radius 2 is 2.09 bits per heavy atom. The summed E-state index contributed by atoms with van der Waals surface area (Å²) in [4.78, 5) is 36.4. The lowest BCUT2D eigenvalue weighted by molar-refractivity contribution is -0.126. The fourth-order valence-electron chi connectivity index (χ4n) is 4.55. The molecule has 1 fully saturated rings. The second kappa shape index (κ2) is 9.28. The van der Waals surface area contributed by atoms with Crippen LogP contribution in [0.5, 0.6) is 5.75 Å². The number of carbonyl (C=O) groups excluding carboxylic acids is 1. The van der Waals surface area contributed by atoms with Crippen LogP contribution in [0, 0.1) is 0 Å². The monoisotopic (exact) mass is 469 g/mol. The van der Waals surface area contributed by atoms with Gasteiger partial charge in [-0.1, -0.05) is 25.8 Å². The Bertz CT molecular complexity index is 1120. The molecular formula is C24H28FN5O4. The summed E-state index contributed by atoms with van der Waals surface area (Å²) < 4.78 is 21.1. The SMILES string of the molecule is C=C[C@@]1(F)CN(C2CCCCC2)c2nc(Nc3ccc(C(=O)O)cc3OC)ncc2N(C)C1=O. The molecule has 2 aromatic rings. The molecule has 1 aromatic heterocycles. The maximum Gasteiger partial charge on any atom is 0.335 e. The molecule has 0 radical (unpaired) electrons. The highest BCUT2D eigenvalue weighted by atomic mass is 19.1. The van der Waals surface area contributed by atoms with E-state index in [1.165, 1.54) is 37.4 Å². The van der Waals surface area contributed by atoms with Crippen LogP contribution in [0.3, 0.4) is 0 Å². The van der Waals surface area contributed by atoms with Gasteiger partial charge >= 0.3 is 5.97 Å². The van der Waals surface area contributed by atoms with E-state index in [0.29, 0.717) is 22.9 Å². The summed E-state index contributed by atoms with van der Waals surface area (Å²) in [5, 5.41) is 12.3. The number of aromatic nitrogens is 2. The first-order valence-corrected chi connectivity index (χ1v) is 11.2. The van der Waals surface area contributed by atoms with Gasteiger partial charge < -0.3 is 25.0 Å². The molecule has 0 unspecified atom stereocenters. The maximum absolute atomic E-state index is 15.7. The van der Waals surface area contributed by atoms with Gasteiger partial charge in [-0.05, 0) is 37.1 Å². The minimum absolute atomic E-state index is 0.0361. The average Bonchev–Trinajstić information content (AvgIpc) is 2.94. The topological polar surface area (TPSA) is 108 Å². The summed E-state index contributed by atoms with van der Waals surface area (Å²) in [6.45, 7) is 3.41. The zero-order valence-corrected chi connectivity index (χ0v) is 19.3. The smallest absolute Gasteiger partial charge is 0.335 e. The molecule has 34 heavy (non-hydrogen) atoms. The van der Waals surface area contributed by atoms with E-state index in [9.17, 15) is 14.7 Å². The molecule has 0 saturated heterocycles. The molecule has 1 aliphatic heterocycles. The third kappa shape index (κ3) is 4.27. The van der Waals surface area contributed by atoms with Crippen LogP contribution in [-0.4, -0.2) is 59.4 Å². The predicted molar refractivity (Wildman–Crippen MR) is 127 cm³/mol. The molecule has 4 rings (SSSR count). The van der Waals surface area contributed by atoms with Crippen molar-refractivity contribution >= 4 is 35.0 Å². The number of carboxylic acid groups (broad SMARTS) is 1. The van der Waals surface area contributed by atoms with E-state index in [1.54, 1.807) is 6.07 Å². The highest BCUT2D eigenvalue weighted by molar-refractivity contribution is 6.04. The first-order valence-electron chi connectivity index (χ1n) is 11.2. The van der Waals surface area contributed by atoms with Crippen LogP contribution in [0.1, 0.15) is 42.5 Å². The molecule has 1 aromatic carbocycles. The number of anilines is 4. The van der Waals surface area contributed by atoms with Crippen LogP contribution in [0.2, 0.25) is 0 Å². The van der Waals surface area contributed by atoms with Gasteiger partial charge in [-0.2, -0.15) is 4.98 Å². The fraction of sp³-hybridized carbons (Fsp3) is 0.417. The number of halogens is 1. The lowest BCUT2D eigenvalue weighted by Crippen LogP contribution is -2.50. The van der Waals surface area contributed by atoms with Gasteiger partial charge in [-0.3, -0.25) is 4.79 Å². The van der Waals surface area contributed by atoms with E-state index >= 15 is 4.39 Å². The van der Waals surface area contributed by atoms with Crippen molar-refractivity contribution in [2.75, 3.05) is 35.8 Å². The van der Waals surface area contributed by atoms with Gasteiger partial charge in [0.15, 0.2) is 5.82 Å².